The second-order valence-corrected chi connectivity index (χ2v) is 5.63. The number of hydrogen-bond acceptors (Lipinski definition) is 4. The smallest absolute Gasteiger partial charge is 0.325 e. The van der Waals surface area contributed by atoms with Gasteiger partial charge in [0.2, 0.25) is 0 Å². The number of esters is 1. The molecule has 0 amide bonds. The molecule has 0 unspecified atom stereocenters. The van der Waals surface area contributed by atoms with Gasteiger partial charge in [-0.05, 0) is 31.9 Å². The van der Waals surface area contributed by atoms with E-state index >= 15 is 0 Å². The Kier molecular flexibility index (Phi) is 4.63. The highest BCUT2D eigenvalue weighted by Gasteiger charge is 2.32. The van der Waals surface area contributed by atoms with Gasteiger partial charge in [0.05, 0.1) is 12.8 Å². The van der Waals surface area contributed by atoms with Crippen LogP contribution in [0.25, 0.3) is 5.65 Å². The Hall–Kier alpha value is -1.88. The normalized spacial score (nSPS) is 14.1. The van der Waals surface area contributed by atoms with E-state index in [4.69, 9.17) is 4.74 Å². The summed E-state index contributed by atoms with van der Waals surface area (Å²) in [5.41, 5.74) is 2.33. The van der Waals surface area contributed by atoms with Crippen LogP contribution in [0.3, 0.4) is 0 Å². The Bertz CT molecular complexity index is 635. The molecule has 0 aromatic carbocycles. The number of methoxy groups -OCH3 is 1. The first-order valence-electron chi connectivity index (χ1n) is 7.26. The highest BCUT2D eigenvalue weighted by molar-refractivity contribution is 5.80. The molecule has 1 N–H and O–H groups in total. The van der Waals surface area contributed by atoms with Crippen LogP contribution in [0, 0.1) is 6.92 Å². The van der Waals surface area contributed by atoms with Crippen LogP contribution in [0.5, 0.6) is 0 Å². The van der Waals surface area contributed by atoms with Crippen molar-refractivity contribution in [3.8, 4) is 0 Å². The molecule has 0 aliphatic heterocycles. The lowest BCUT2D eigenvalue weighted by atomic mass is 9.96. The van der Waals surface area contributed by atoms with Crippen molar-refractivity contribution in [2.24, 2.45) is 0 Å². The molecule has 0 saturated carbocycles. The molecule has 0 saturated heterocycles. The third-order valence-corrected chi connectivity index (χ3v) is 3.69. The Morgan fingerprint density at radius 3 is 2.86 bits per heavy atom. The van der Waals surface area contributed by atoms with E-state index in [9.17, 15) is 4.79 Å². The molecule has 2 aromatic rings. The first kappa shape index (κ1) is 15.5. The number of rotatable bonds is 6. The topological polar surface area (TPSA) is 55.6 Å². The number of aromatic nitrogens is 2. The lowest BCUT2D eigenvalue weighted by Crippen LogP contribution is -2.49. The summed E-state index contributed by atoms with van der Waals surface area (Å²) in [7, 11) is 1.42. The van der Waals surface area contributed by atoms with Crippen molar-refractivity contribution < 1.29 is 9.53 Å². The third-order valence-electron chi connectivity index (χ3n) is 3.69. The molecule has 0 bridgehead atoms. The maximum absolute atomic E-state index is 12.0. The number of fused-ring (bicyclic) bond motifs is 1. The van der Waals surface area contributed by atoms with Crippen LogP contribution in [-0.2, 0) is 16.1 Å². The Labute approximate surface area is 125 Å². The fraction of sp³-hybridized carbons (Fsp3) is 0.500. The van der Waals surface area contributed by atoms with Crippen LogP contribution in [-0.4, -0.2) is 28.0 Å². The van der Waals surface area contributed by atoms with E-state index in [0.29, 0.717) is 6.54 Å². The van der Waals surface area contributed by atoms with Crippen molar-refractivity contribution in [1.29, 1.82) is 0 Å². The van der Waals surface area contributed by atoms with Crippen molar-refractivity contribution in [3.63, 3.8) is 0 Å². The van der Waals surface area contributed by atoms with Crippen LogP contribution < -0.4 is 5.32 Å². The Morgan fingerprint density at radius 1 is 1.43 bits per heavy atom. The predicted octanol–water partition coefficient (Wildman–Crippen LogP) is 2.46. The van der Waals surface area contributed by atoms with Gasteiger partial charge in [-0.2, -0.15) is 0 Å². The lowest BCUT2D eigenvalue weighted by molar-refractivity contribution is -0.148. The van der Waals surface area contributed by atoms with Crippen molar-refractivity contribution in [1.82, 2.24) is 14.7 Å². The number of pyridine rings is 1. The summed E-state index contributed by atoms with van der Waals surface area (Å²) in [6.07, 6.45) is 5.66. The minimum Gasteiger partial charge on any atom is -0.468 e. The number of carbonyl (C=O) groups is 1. The molecule has 0 radical (unpaired) electrons. The molecule has 114 valence electrons. The minimum absolute atomic E-state index is 0.232. The number of hydrogen-bond donors (Lipinski definition) is 1. The maximum Gasteiger partial charge on any atom is 0.325 e. The van der Waals surface area contributed by atoms with Crippen LogP contribution in [0.4, 0.5) is 0 Å². The van der Waals surface area contributed by atoms with Gasteiger partial charge in [-0.25, -0.2) is 4.98 Å². The van der Waals surface area contributed by atoms with Crippen molar-refractivity contribution in [3.05, 3.63) is 35.8 Å². The molecule has 5 nitrogen and oxygen atoms in total. The van der Waals surface area contributed by atoms with E-state index < -0.39 is 5.54 Å². The van der Waals surface area contributed by atoms with Gasteiger partial charge in [-0.1, -0.05) is 19.4 Å². The average Bonchev–Trinajstić information content (AvgIpc) is 2.86. The molecule has 0 fully saturated rings. The average molecular weight is 289 g/mol. The molecule has 2 aromatic heterocycles. The van der Waals surface area contributed by atoms with Crippen LogP contribution in [0.1, 0.15) is 37.9 Å². The summed E-state index contributed by atoms with van der Waals surface area (Å²) in [6, 6.07) is 4.03. The highest BCUT2D eigenvalue weighted by atomic mass is 16.5. The Balaban J connectivity index is 2.13. The van der Waals surface area contributed by atoms with Gasteiger partial charge >= 0.3 is 5.97 Å². The van der Waals surface area contributed by atoms with Crippen molar-refractivity contribution in [2.45, 2.75) is 45.7 Å². The zero-order valence-electron chi connectivity index (χ0n) is 13.1. The summed E-state index contributed by atoms with van der Waals surface area (Å²) in [4.78, 5) is 16.5. The van der Waals surface area contributed by atoms with Gasteiger partial charge in [-0.15, -0.1) is 0 Å². The van der Waals surface area contributed by atoms with E-state index in [1.807, 2.05) is 42.8 Å². The van der Waals surface area contributed by atoms with E-state index in [2.05, 4.69) is 17.2 Å². The van der Waals surface area contributed by atoms with E-state index in [0.717, 1.165) is 24.2 Å². The third kappa shape index (κ3) is 3.42. The summed E-state index contributed by atoms with van der Waals surface area (Å²) >= 11 is 0. The summed E-state index contributed by atoms with van der Waals surface area (Å²) in [6.45, 7) is 6.51. The predicted molar refractivity (Wildman–Crippen MR) is 82.1 cm³/mol. The molecule has 2 heterocycles. The van der Waals surface area contributed by atoms with Gasteiger partial charge in [0, 0.05) is 18.9 Å². The molecular formula is C16H23N3O2. The molecule has 5 heteroatoms. The maximum atomic E-state index is 12.0. The summed E-state index contributed by atoms with van der Waals surface area (Å²) < 4.78 is 6.91. The van der Waals surface area contributed by atoms with Crippen LogP contribution in [0.15, 0.2) is 24.5 Å². The van der Waals surface area contributed by atoms with Crippen LogP contribution in [0.2, 0.25) is 0 Å². The summed E-state index contributed by atoms with van der Waals surface area (Å²) in [5, 5.41) is 3.29. The molecule has 21 heavy (non-hydrogen) atoms. The zero-order valence-corrected chi connectivity index (χ0v) is 13.1. The van der Waals surface area contributed by atoms with Gasteiger partial charge in [0.1, 0.15) is 11.2 Å². The number of imidazole rings is 1. The second-order valence-electron chi connectivity index (χ2n) is 5.63. The van der Waals surface area contributed by atoms with E-state index in [1.54, 1.807) is 0 Å². The quantitative estimate of drug-likeness (QED) is 0.830. The molecule has 0 aliphatic carbocycles. The molecule has 0 spiro atoms. The molecule has 0 aliphatic rings. The van der Waals surface area contributed by atoms with Gasteiger partial charge < -0.3 is 9.14 Å². The van der Waals surface area contributed by atoms with E-state index in [-0.39, 0.29) is 5.97 Å². The first-order valence-corrected chi connectivity index (χ1v) is 7.26. The molecule has 2 rings (SSSR count). The fourth-order valence-corrected chi connectivity index (χ4v) is 2.51. The zero-order chi connectivity index (χ0) is 15.5. The standard InChI is InChI=1S/C16H23N3O2/c1-5-8-16(3,15(20)21-4)17-9-13-11-19-10-12(2)6-7-14(19)18-13/h6-7,10-11,17H,5,8-9H2,1-4H3/t16-/m1/s1. The molecular weight excluding hydrogens is 266 g/mol. The van der Waals surface area contributed by atoms with Gasteiger partial charge in [0.15, 0.2) is 0 Å². The van der Waals surface area contributed by atoms with Gasteiger partial charge in [-0.3, -0.25) is 10.1 Å². The monoisotopic (exact) mass is 289 g/mol. The SMILES string of the molecule is CCC[C@@](C)(NCc1cn2cc(C)ccc2n1)C(=O)OC. The van der Waals surface area contributed by atoms with Crippen molar-refractivity contribution in [2.75, 3.05) is 7.11 Å². The number of nitrogens with zero attached hydrogens (tertiary/aromatic N) is 2. The largest absolute Gasteiger partial charge is 0.468 e. The Morgan fingerprint density at radius 2 is 2.19 bits per heavy atom. The summed E-state index contributed by atoms with van der Waals surface area (Å²) in [5.74, 6) is -0.232. The second kappa shape index (κ2) is 6.26. The first-order chi connectivity index (χ1) is 9.98. The lowest BCUT2D eigenvalue weighted by Gasteiger charge is -2.27. The molecule has 1 atom stereocenters. The fourth-order valence-electron chi connectivity index (χ4n) is 2.51. The highest BCUT2D eigenvalue weighted by Crippen LogP contribution is 2.16. The number of nitrogens with one attached hydrogen (secondary N) is 1. The minimum atomic E-state index is -0.671. The van der Waals surface area contributed by atoms with Crippen LogP contribution >= 0.6 is 0 Å². The number of ether oxygens (including phenoxy) is 1. The van der Waals surface area contributed by atoms with E-state index in [1.165, 1.54) is 12.7 Å². The number of aryl methyl sites for hydroxylation is 1. The van der Waals surface area contributed by atoms with Gasteiger partial charge in [0.25, 0.3) is 0 Å². The number of carbonyl (C=O) groups excluding carboxylic acids is 1. The van der Waals surface area contributed by atoms with Crippen molar-refractivity contribution >= 4 is 11.6 Å².